The van der Waals surface area contributed by atoms with Crippen LogP contribution in [0.2, 0.25) is 0 Å². The van der Waals surface area contributed by atoms with Crippen LogP contribution in [-0.2, 0) is 10.2 Å². The number of pyridine rings is 1. The van der Waals surface area contributed by atoms with E-state index in [9.17, 15) is 4.79 Å². The predicted octanol–water partition coefficient (Wildman–Crippen LogP) is 4.49. The molecule has 1 aromatic carbocycles. The summed E-state index contributed by atoms with van der Waals surface area (Å²) < 4.78 is 11.3. The predicted molar refractivity (Wildman–Crippen MR) is 123 cm³/mol. The number of fused-ring (bicyclic) bond motifs is 1. The lowest BCUT2D eigenvalue weighted by Gasteiger charge is -2.41. The lowest BCUT2D eigenvalue weighted by atomic mass is 9.74. The Morgan fingerprint density at radius 1 is 1.15 bits per heavy atom. The topological polar surface area (TPSA) is 81.4 Å². The molecule has 1 saturated carbocycles. The van der Waals surface area contributed by atoms with Crippen molar-refractivity contribution in [1.82, 2.24) is 20.0 Å². The van der Waals surface area contributed by atoms with Crippen molar-refractivity contribution >= 4 is 16.8 Å². The molecule has 1 unspecified atom stereocenters. The lowest BCUT2D eigenvalue weighted by Crippen LogP contribution is -2.49. The number of nitrogens with zero attached hydrogens (tertiary/aromatic N) is 4. The summed E-state index contributed by atoms with van der Waals surface area (Å²) >= 11 is 0. The number of hydrogen-bond donors (Lipinski definition) is 0. The number of ether oxygens (including phenoxy) is 1. The third-order valence-corrected chi connectivity index (χ3v) is 7.58. The summed E-state index contributed by atoms with van der Waals surface area (Å²) in [5, 5.41) is 5.49. The van der Waals surface area contributed by atoms with Gasteiger partial charge in [0.2, 0.25) is 5.89 Å². The Morgan fingerprint density at radius 2 is 2.03 bits per heavy atom. The zero-order valence-corrected chi connectivity index (χ0v) is 18.9. The van der Waals surface area contributed by atoms with Crippen molar-refractivity contribution in [3.63, 3.8) is 0 Å². The van der Waals surface area contributed by atoms with Crippen LogP contribution in [0.4, 0.5) is 0 Å². The normalized spacial score (nSPS) is 24.3. The maximum Gasteiger partial charge on any atom is 0.253 e. The zero-order chi connectivity index (χ0) is 22.3. The largest absolute Gasteiger partial charge is 0.381 e. The van der Waals surface area contributed by atoms with Crippen LogP contribution in [0.25, 0.3) is 10.9 Å². The van der Waals surface area contributed by atoms with Gasteiger partial charge in [-0.1, -0.05) is 24.1 Å². The maximum atomic E-state index is 13.5. The molecule has 7 heteroatoms. The second kappa shape index (κ2) is 8.52. The molecular formula is C26H30N4O3. The highest BCUT2D eigenvalue weighted by molar-refractivity contribution is 5.98. The molecule has 3 aromatic rings. The quantitative estimate of drug-likeness (QED) is 0.575. The van der Waals surface area contributed by atoms with Gasteiger partial charge in [-0.05, 0) is 62.3 Å². The fourth-order valence-electron chi connectivity index (χ4n) is 5.57. The maximum absolute atomic E-state index is 13.5. The first-order valence-electron chi connectivity index (χ1n) is 12.3. The van der Waals surface area contributed by atoms with Crippen LogP contribution in [0.1, 0.15) is 72.9 Å². The third-order valence-electron chi connectivity index (χ3n) is 7.58. The number of rotatable bonds is 5. The molecule has 6 rings (SSSR count). The molecule has 172 valence electrons. The molecule has 1 atom stereocenters. The van der Waals surface area contributed by atoms with Crippen molar-refractivity contribution in [3.05, 3.63) is 53.8 Å². The van der Waals surface area contributed by atoms with Crippen LogP contribution in [0.5, 0.6) is 0 Å². The minimum Gasteiger partial charge on any atom is -0.381 e. The molecule has 0 N–H and O–H groups in total. The van der Waals surface area contributed by atoms with Gasteiger partial charge in [-0.2, -0.15) is 4.98 Å². The molecule has 0 bridgehead atoms. The Hall–Kier alpha value is -2.80. The summed E-state index contributed by atoms with van der Waals surface area (Å²) in [6.45, 7) is 2.92. The van der Waals surface area contributed by atoms with E-state index in [-0.39, 0.29) is 17.2 Å². The molecule has 7 nitrogen and oxygen atoms in total. The molecule has 1 amide bonds. The van der Waals surface area contributed by atoms with E-state index in [0.29, 0.717) is 18.0 Å². The molecule has 2 aliphatic heterocycles. The van der Waals surface area contributed by atoms with E-state index < -0.39 is 0 Å². The average molecular weight is 447 g/mol. The monoisotopic (exact) mass is 446 g/mol. The number of aromatic nitrogens is 3. The third kappa shape index (κ3) is 4.14. The van der Waals surface area contributed by atoms with Crippen LogP contribution >= 0.6 is 0 Å². The van der Waals surface area contributed by atoms with Gasteiger partial charge in [-0.3, -0.25) is 9.78 Å². The summed E-state index contributed by atoms with van der Waals surface area (Å²) in [5.74, 6) is 2.61. The van der Waals surface area contributed by atoms with Crippen LogP contribution in [0.15, 0.2) is 41.1 Å². The number of likely N-dealkylation sites (tertiary alicyclic amines) is 1. The molecular weight excluding hydrogens is 416 g/mol. The van der Waals surface area contributed by atoms with Crippen LogP contribution in [0.3, 0.4) is 0 Å². The minimum atomic E-state index is -0.222. The van der Waals surface area contributed by atoms with Crippen molar-refractivity contribution in [3.8, 4) is 0 Å². The second-order valence-corrected chi connectivity index (χ2v) is 10.0. The van der Waals surface area contributed by atoms with Gasteiger partial charge in [0, 0.05) is 49.4 Å². The Morgan fingerprint density at radius 3 is 2.88 bits per heavy atom. The van der Waals surface area contributed by atoms with Gasteiger partial charge in [-0.15, -0.1) is 0 Å². The van der Waals surface area contributed by atoms with E-state index in [1.165, 1.54) is 12.8 Å². The fourth-order valence-corrected chi connectivity index (χ4v) is 5.57. The summed E-state index contributed by atoms with van der Waals surface area (Å²) in [6.07, 6.45) is 9.15. The van der Waals surface area contributed by atoms with Crippen LogP contribution in [-0.4, -0.2) is 52.2 Å². The first-order chi connectivity index (χ1) is 16.2. The number of hydrogen-bond acceptors (Lipinski definition) is 6. The molecule has 33 heavy (non-hydrogen) atoms. The standard InChI is InChI=1S/C26H30N4O3/c31-24(21-6-7-22-20(15-21)3-1-11-27-22)30-12-2-10-26(17-30,16-18-4-5-18)25-28-23(33-29-25)19-8-13-32-14-9-19/h1,3,6-7,11,15,18-19H,2,4-5,8-10,12-14,16-17H2. The van der Waals surface area contributed by atoms with E-state index in [2.05, 4.69) is 10.1 Å². The fraction of sp³-hybridized carbons (Fsp3) is 0.538. The number of amides is 1. The van der Waals surface area contributed by atoms with E-state index in [1.54, 1.807) is 6.20 Å². The van der Waals surface area contributed by atoms with Crippen molar-refractivity contribution in [2.75, 3.05) is 26.3 Å². The van der Waals surface area contributed by atoms with Gasteiger partial charge < -0.3 is 14.2 Å². The highest BCUT2D eigenvalue weighted by atomic mass is 16.5. The van der Waals surface area contributed by atoms with E-state index in [4.69, 9.17) is 14.2 Å². The molecule has 0 spiro atoms. The van der Waals surface area contributed by atoms with Crippen molar-refractivity contribution in [2.45, 2.75) is 56.3 Å². The van der Waals surface area contributed by atoms with E-state index in [1.807, 2.05) is 35.2 Å². The zero-order valence-electron chi connectivity index (χ0n) is 18.9. The smallest absolute Gasteiger partial charge is 0.253 e. The highest BCUT2D eigenvalue weighted by Crippen LogP contribution is 2.46. The van der Waals surface area contributed by atoms with Gasteiger partial charge >= 0.3 is 0 Å². The van der Waals surface area contributed by atoms with E-state index >= 15 is 0 Å². The van der Waals surface area contributed by atoms with Gasteiger partial charge in [-0.25, -0.2) is 0 Å². The van der Waals surface area contributed by atoms with Crippen molar-refractivity contribution in [2.24, 2.45) is 5.92 Å². The first kappa shape index (κ1) is 20.8. The first-order valence-corrected chi connectivity index (χ1v) is 12.3. The van der Waals surface area contributed by atoms with E-state index in [0.717, 1.165) is 74.5 Å². The highest BCUT2D eigenvalue weighted by Gasteiger charge is 2.46. The number of piperidine rings is 1. The summed E-state index contributed by atoms with van der Waals surface area (Å²) in [5.41, 5.74) is 1.40. The van der Waals surface area contributed by atoms with Gasteiger partial charge in [0.1, 0.15) is 0 Å². The van der Waals surface area contributed by atoms with Gasteiger partial charge in [0.05, 0.1) is 10.9 Å². The molecule has 3 aliphatic rings. The second-order valence-electron chi connectivity index (χ2n) is 10.0. The summed E-state index contributed by atoms with van der Waals surface area (Å²) in [6, 6.07) is 9.70. The van der Waals surface area contributed by atoms with Crippen molar-refractivity contribution in [1.29, 1.82) is 0 Å². The molecule has 2 saturated heterocycles. The molecule has 4 heterocycles. The summed E-state index contributed by atoms with van der Waals surface area (Å²) in [4.78, 5) is 24.9. The molecule has 0 radical (unpaired) electrons. The number of carbonyl (C=O) groups excluding carboxylic acids is 1. The minimum absolute atomic E-state index is 0.0776. The SMILES string of the molecule is O=C(c1ccc2ncccc2c1)N1CCCC(CC2CC2)(c2noc(C3CCOCC3)n2)C1. The lowest BCUT2D eigenvalue weighted by molar-refractivity contribution is 0.0607. The Balaban J connectivity index is 1.27. The Labute approximate surface area is 193 Å². The number of benzene rings is 1. The summed E-state index contributed by atoms with van der Waals surface area (Å²) in [7, 11) is 0. The molecule has 1 aliphatic carbocycles. The van der Waals surface area contributed by atoms with Gasteiger partial charge in [0.25, 0.3) is 5.91 Å². The Kier molecular flexibility index (Phi) is 5.37. The van der Waals surface area contributed by atoms with Crippen LogP contribution < -0.4 is 0 Å². The van der Waals surface area contributed by atoms with Gasteiger partial charge in [0.15, 0.2) is 5.82 Å². The Bertz CT molecular complexity index is 1150. The molecule has 3 fully saturated rings. The van der Waals surface area contributed by atoms with Crippen molar-refractivity contribution < 1.29 is 14.1 Å². The number of carbonyl (C=O) groups is 1. The average Bonchev–Trinajstić information content (AvgIpc) is 3.53. The molecule has 2 aromatic heterocycles. The van der Waals surface area contributed by atoms with Crippen LogP contribution in [0, 0.1) is 5.92 Å².